The number of hydrogen-bond acceptors (Lipinski definition) is 3. The Morgan fingerprint density at radius 2 is 1.79 bits per heavy atom. The molecular formula is C12H18F3N3O. The molecule has 1 heterocycles. The summed E-state index contributed by atoms with van der Waals surface area (Å²) in [5, 5.41) is 8.95. The van der Waals surface area contributed by atoms with Crippen molar-refractivity contribution in [2.45, 2.75) is 20.0 Å². The molecule has 0 aliphatic carbocycles. The topological polar surface area (TPSA) is 47.3 Å². The number of rotatable bonds is 3. The van der Waals surface area contributed by atoms with Crippen molar-refractivity contribution in [3.8, 4) is 6.07 Å². The zero-order valence-corrected chi connectivity index (χ0v) is 11.1. The number of nitrogens with zero attached hydrogens (tertiary/aromatic N) is 3. The Balaban J connectivity index is 2.50. The molecule has 0 aromatic carbocycles. The largest absolute Gasteiger partial charge is 0.401 e. The number of nitriles is 1. The van der Waals surface area contributed by atoms with Crippen molar-refractivity contribution in [1.29, 1.82) is 5.26 Å². The van der Waals surface area contributed by atoms with E-state index in [4.69, 9.17) is 5.26 Å². The molecule has 0 aromatic rings. The lowest BCUT2D eigenvalue weighted by Gasteiger charge is -2.36. The molecule has 7 heteroatoms. The van der Waals surface area contributed by atoms with Gasteiger partial charge in [0.2, 0.25) is 5.91 Å². The fourth-order valence-electron chi connectivity index (χ4n) is 2.07. The van der Waals surface area contributed by atoms with Crippen LogP contribution in [0, 0.1) is 23.2 Å². The lowest BCUT2D eigenvalue weighted by molar-refractivity contribution is -0.152. The van der Waals surface area contributed by atoms with Gasteiger partial charge in [-0.25, -0.2) is 0 Å². The van der Waals surface area contributed by atoms with E-state index in [1.165, 1.54) is 9.80 Å². The molecule has 0 radical (unpaired) electrons. The number of carbonyl (C=O) groups excluding carboxylic acids is 1. The minimum absolute atomic E-state index is 0.0919. The second-order valence-electron chi connectivity index (χ2n) is 5.07. The van der Waals surface area contributed by atoms with Gasteiger partial charge in [0.15, 0.2) is 0 Å². The molecule has 108 valence electrons. The molecule has 1 saturated heterocycles. The maximum atomic E-state index is 12.2. The van der Waals surface area contributed by atoms with Crippen LogP contribution in [0.2, 0.25) is 0 Å². The predicted molar refractivity (Wildman–Crippen MR) is 63.0 cm³/mol. The number of amides is 1. The van der Waals surface area contributed by atoms with Crippen LogP contribution >= 0.6 is 0 Å². The SMILES string of the molecule is CC(C)C(C#N)C(=O)N1CCN(CC(F)(F)F)CC1. The van der Waals surface area contributed by atoms with Crippen molar-refractivity contribution in [1.82, 2.24) is 9.80 Å². The molecule has 1 atom stereocenters. The van der Waals surface area contributed by atoms with Crippen molar-refractivity contribution in [3.05, 3.63) is 0 Å². The lowest BCUT2D eigenvalue weighted by atomic mass is 9.95. The van der Waals surface area contributed by atoms with Crippen LogP contribution in [0.3, 0.4) is 0 Å². The highest BCUT2D eigenvalue weighted by molar-refractivity contribution is 5.81. The maximum absolute atomic E-state index is 12.2. The first-order valence-corrected chi connectivity index (χ1v) is 6.22. The van der Waals surface area contributed by atoms with Crippen molar-refractivity contribution in [3.63, 3.8) is 0 Å². The Morgan fingerprint density at radius 3 is 2.16 bits per heavy atom. The predicted octanol–water partition coefficient (Wildman–Crippen LogP) is 1.49. The average Bonchev–Trinajstić information content (AvgIpc) is 2.28. The van der Waals surface area contributed by atoms with Gasteiger partial charge in [-0.05, 0) is 5.92 Å². The quantitative estimate of drug-likeness (QED) is 0.785. The fourth-order valence-corrected chi connectivity index (χ4v) is 2.07. The first-order valence-electron chi connectivity index (χ1n) is 6.22. The second-order valence-corrected chi connectivity index (χ2v) is 5.07. The molecule has 1 rings (SSSR count). The van der Waals surface area contributed by atoms with E-state index >= 15 is 0 Å². The molecule has 1 fully saturated rings. The van der Waals surface area contributed by atoms with Gasteiger partial charge in [0.05, 0.1) is 12.6 Å². The summed E-state index contributed by atoms with van der Waals surface area (Å²) in [6.45, 7) is 3.51. The van der Waals surface area contributed by atoms with Gasteiger partial charge in [0.25, 0.3) is 0 Å². The molecular weight excluding hydrogens is 259 g/mol. The summed E-state index contributed by atoms with van der Waals surface area (Å²) in [6, 6.07) is 1.96. The van der Waals surface area contributed by atoms with Crippen LogP contribution in [0.4, 0.5) is 13.2 Å². The fraction of sp³-hybridized carbons (Fsp3) is 0.833. The lowest BCUT2D eigenvalue weighted by Crippen LogP contribution is -2.52. The normalized spacial score (nSPS) is 19.3. The molecule has 0 aromatic heterocycles. The van der Waals surface area contributed by atoms with Crippen molar-refractivity contribution < 1.29 is 18.0 Å². The zero-order chi connectivity index (χ0) is 14.6. The zero-order valence-electron chi connectivity index (χ0n) is 11.1. The average molecular weight is 277 g/mol. The van der Waals surface area contributed by atoms with Crippen LogP contribution < -0.4 is 0 Å². The highest BCUT2D eigenvalue weighted by Crippen LogP contribution is 2.19. The van der Waals surface area contributed by atoms with Gasteiger partial charge >= 0.3 is 6.18 Å². The summed E-state index contributed by atoms with van der Waals surface area (Å²) >= 11 is 0. The number of carbonyl (C=O) groups is 1. The van der Waals surface area contributed by atoms with Gasteiger partial charge in [-0.1, -0.05) is 13.8 Å². The molecule has 4 nitrogen and oxygen atoms in total. The monoisotopic (exact) mass is 277 g/mol. The first kappa shape index (κ1) is 15.8. The number of alkyl halides is 3. The maximum Gasteiger partial charge on any atom is 0.401 e. The van der Waals surface area contributed by atoms with E-state index in [1.807, 2.05) is 6.07 Å². The van der Waals surface area contributed by atoms with Crippen molar-refractivity contribution in [2.24, 2.45) is 11.8 Å². The summed E-state index contributed by atoms with van der Waals surface area (Å²) in [6.07, 6.45) is -4.21. The van der Waals surface area contributed by atoms with Gasteiger partial charge in [0, 0.05) is 26.2 Å². The van der Waals surface area contributed by atoms with Crippen LogP contribution in [0.15, 0.2) is 0 Å². The summed E-state index contributed by atoms with van der Waals surface area (Å²) in [4.78, 5) is 14.8. The molecule has 0 spiro atoms. The first-order chi connectivity index (χ1) is 8.74. The van der Waals surface area contributed by atoms with E-state index in [2.05, 4.69) is 0 Å². The summed E-state index contributed by atoms with van der Waals surface area (Å²) in [5.41, 5.74) is 0. The number of hydrogen-bond donors (Lipinski definition) is 0. The Morgan fingerprint density at radius 1 is 1.26 bits per heavy atom. The van der Waals surface area contributed by atoms with Crippen LogP contribution in [0.25, 0.3) is 0 Å². The third-order valence-electron chi connectivity index (χ3n) is 3.16. The Bertz CT molecular complexity index is 354. The van der Waals surface area contributed by atoms with Crippen LogP contribution in [0.1, 0.15) is 13.8 Å². The van der Waals surface area contributed by atoms with E-state index in [1.54, 1.807) is 13.8 Å². The van der Waals surface area contributed by atoms with E-state index in [9.17, 15) is 18.0 Å². The molecule has 0 N–H and O–H groups in total. The van der Waals surface area contributed by atoms with Crippen molar-refractivity contribution in [2.75, 3.05) is 32.7 Å². The standard InChI is InChI=1S/C12H18F3N3O/c1-9(2)10(7-16)11(19)18-5-3-17(4-6-18)8-12(13,14)15/h9-10H,3-6,8H2,1-2H3. The van der Waals surface area contributed by atoms with E-state index in [0.717, 1.165) is 0 Å². The van der Waals surface area contributed by atoms with E-state index in [0.29, 0.717) is 0 Å². The van der Waals surface area contributed by atoms with E-state index < -0.39 is 18.6 Å². The van der Waals surface area contributed by atoms with Crippen LogP contribution in [-0.2, 0) is 4.79 Å². The molecule has 0 bridgehead atoms. The summed E-state index contributed by atoms with van der Waals surface area (Å²) < 4.78 is 36.7. The van der Waals surface area contributed by atoms with Crippen molar-refractivity contribution >= 4 is 5.91 Å². The number of halogens is 3. The van der Waals surface area contributed by atoms with Gasteiger partial charge in [-0.2, -0.15) is 18.4 Å². The van der Waals surface area contributed by atoms with Gasteiger partial charge in [-0.15, -0.1) is 0 Å². The third-order valence-corrected chi connectivity index (χ3v) is 3.16. The van der Waals surface area contributed by atoms with Crippen LogP contribution in [0.5, 0.6) is 0 Å². The summed E-state index contributed by atoms with van der Waals surface area (Å²) in [7, 11) is 0. The Hall–Kier alpha value is -1.29. The third kappa shape index (κ3) is 4.71. The molecule has 19 heavy (non-hydrogen) atoms. The Labute approximate surface area is 110 Å². The minimum Gasteiger partial charge on any atom is -0.339 e. The molecule has 1 unspecified atom stereocenters. The van der Waals surface area contributed by atoms with E-state index in [-0.39, 0.29) is 38.0 Å². The van der Waals surface area contributed by atoms with Gasteiger partial charge < -0.3 is 4.90 Å². The second kappa shape index (κ2) is 6.24. The molecule has 1 aliphatic rings. The minimum atomic E-state index is -4.21. The van der Waals surface area contributed by atoms with Gasteiger partial charge in [-0.3, -0.25) is 9.69 Å². The molecule has 1 aliphatic heterocycles. The number of piperazine rings is 1. The van der Waals surface area contributed by atoms with Crippen LogP contribution in [-0.4, -0.2) is 54.6 Å². The molecule has 0 saturated carbocycles. The smallest absolute Gasteiger partial charge is 0.339 e. The summed E-state index contributed by atoms with van der Waals surface area (Å²) in [5.74, 6) is -1.08. The van der Waals surface area contributed by atoms with Gasteiger partial charge in [0.1, 0.15) is 5.92 Å². The highest BCUT2D eigenvalue weighted by Gasteiger charge is 2.34. The Kier molecular flexibility index (Phi) is 5.18. The molecule has 1 amide bonds. The highest BCUT2D eigenvalue weighted by atomic mass is 19.4.